The molecule has 0 spiro atoms. The Balaban J connectivity index is 1.20. The first-order valence-electron chi connectivity index (χ1n) is 18.9. The topological polar surface area (TPSA) is 132 Å². The Morgan fingerprint density at radius 1 is 0.927 bits per heavy atom. The van der Waals surface area contributed by atoms with Gasteiger partial charge in [0.1, 0.15) is 36.5 Å². The second kappa shape index (κ2) is 18.8. The Hall–Kier alpha value is -3.92. The Kier molecular flexibility index (Phi) is 13.9. The van der Waals surface area contributed by atoms with Crippen molar-refractivity contribution in [3.05, 3.63) is 105 Å². The summed E-state index contributed by atoms with van der Waals surface area (Å²) in [6.45, 7) is 7.99. The lowest BCUT2D eigenvalue weighted by molar-refractivity contribution is -0.00914. The van der Waals surface area contributed by atoms with Gasteiger partial charge in [-0.1, -0.05) is 53.5 Å². The highest BCUT2D eigenvalue weighted by atomic mass is 35.5. The molecule has 10 nitrogen and oxygen atoms in total. The van der Waals surface area contributed by atoms with E-state index in [-0.39, 0.29) is 32.5 Å². The van der Waals surface area contributed by atoms with Crippen molar-refractivity contribution in [3.8, 4) is 34.4 Å². The summed E-state index contributed by atoms with van der Waals surface area (Å²) in [7, 11) is 0. The molecule has 292 valence electrons. The number of ether oxygens (including phenoxy) is 3. The van der Waals surface area contributed by atoms with Crippen molar-refractivity contribution in [2.24, 2.45) is 5.92 Å². The summed E-state index contributed by atoms with van der Waals surface area (Å²) < 4.78 is 18.9. The summed E-state index contributed by atoms with van der Waals surface area (Å²) >= 11 is 13.9. The van der Waals surface area contributed by atoms with Crippen molar-refractivity contribution in [3.63, 3.8) is 0 Å². The fourth-order valence-corrected chi connectivity index (χ4v) is 7.40. The Labute approximate surface area is 333 Å². The van der Waals surface area contributed by atoms with Crippen molar-refractivity contribution < 1.29 is 29.5 Å². The average molecular weight is 790 g/mol. The number of pyridine rings is 1. The zero-order chi connectivity index (χ0) is 39.0. The molecule has 3 aromatic carbocycles. The summed E-state index contributed by atoms with van der Waals surface area (Å²) in [4.78, 5) is 8.52. The maximum Gasteiger partial charge on any atom is 0.142 e. The van der Waals surface area contributed by atoms with Crippen molar-refractivity contribution in [1.29, 1.82) is 5.26 Å². The number of likely N-dealkylation sites (tertiary alicyclic amines) is 1. The number of hydrogen-bond donors (Lipinski definition) is 3. The molecule has 1 atom stereocenters. The first-order valence-corrected chi connectivity index (χ1v) is 19.7. The normalized spacial score (nSPS) is 16.0. The van der Waals surface area contributed by atoms with E-state index >= 15 is 0 Å². The van der Waals surface area contributed by atoms with Gasteiger partial charge in [-0.2, -0.15) is 5.26 Å². The molecule has 2 heterocycles. The van der Waals surface area contributed by atoms with Crippen LogP contribution < -0.4 is 14.2 Å². The summed E-state index contributed by atoms with van der Waals surface area (Å²) in [5.74, 6) is 2.11. The first kappa shape index (κ1) is 40.7. The third kappa shape index (κ3) is 10.5. The standard InChI is InChI=1S/C43H50Cl2N4O6/c1-29-33(6-3-7-36(29)37-8-4-9-39(42(37)45)53-15-5-13-48-14-12-35(52)24-48)26-55-41-18-40(54-25-32-16-31(19-46)20-47-21-32)34(17-38(41)44)23-49(22-30-10-11-30)43(2,27-50)28-51/h3-4,6-9,16-18,20-21,30,35,50-52H,5,10-15,22-28H2,1-2H3/t35-/m1/s1. The molecule has 6 rings (SSSR count). The van der Waals surface area contributed by atoms with Crippen molar-refractivity contribution in [1.82, 2.24) is 14.8 Å². The number of rotatable bonds is 19. The average Bonchev–Trinajstić information content (AvgIpc) is 3.93. The second-order valence-electron chi connectivity index (χ2n) is 15.0. The van der Waals surface area contributed by atoms with Crippen molar-refractivity contribution in [2.45, 2.75) is 70.9 Å². The third-order valence-electron chi connectivity index (χ3n) is 10.6. The summed E-state index contributed by atoms with van der Waals surface area (Å²) in [5.41, 5.74) is 4.89. The molecule has 1 aliphatic heterocycles. The van der Waals surface area contributed by atoms with Crippen LogP contribution in [0.15, 0.2) is 67.0 Å². The van der Waals surface area contributed by atoms with Crippen molar-refractivity contribution in [2.75, 3.05) is 46.0 Å². The van der Waals surface area contributed by atoms with Crippen LogP contribution >= 0.6 is 23.2 Å². The number of nitrogens with zero attached hydrogens (tertiary/aromatic N) is 4. The van der Waals surface area contributed by atoms with Gasteiger partial charge in [0.15, 0.2) is 0 Å². The van der Waals surface area contributed by atoms with Crippen LogP contribution in [0.25, 0.3) is 11.1 Å². The minimum absolute atomic E-state index is 0.157. The van der Waals surface area contributed by atoms with Crippen LogP contribution in [0.3, 0.4) is 0 Å². The molecule has 1 saturated carbocycles. The fourth-order valence-electron chi connectivity index (χ4n) is 6.88. The molecular formula is C43H50Cl2N4O6. The monoisotopic (exact) mass is 788 g/mol. The number of benzene rings is 3. The molecule has 0 amide bonds. The van der Waals surface area contributed by atoms with Crippen molar-refractivity contribution >= 4 is 23.2 Å². The zero-order valence-electron chi connectivity index (χ0n) is 31.5. The molecule has 1 aromatic heterocycles. The SMILES string of the molecule is Cc1c(COc2cc(OCc3cncc(C#N)c3)c(CN(CC3CC3)C(C)(CO)CO)cc2Cl)cccc1-c1cccc(OCCCN2CC[C@@H](O)C2)c1Cl. The second-order valence-corrected chi connectivity index (χ2v) is 15.7. The van der Waals surface area contributed by atoms with Gasteiger partial charge in [0, 0.05) is 67.9 Å². The lowest BCUT2D eigenvalue weighted by Crippen LogP contribution is -2.52. The molecular weight excluding hydrogens is 739 g/mol. The highest BCUT2D eigenvalue weighted by molar-refractivity contribution is 6.35. The first-order chi connectivity index (χ1) is 26.6. The largest absolute Gasteiger partial charge is 0.492 e. The highest BCUT2D eigenvalue weighted by Gasteiger charge is 2.36. The van der Waals surface area contributed by atoms with Gasteiger partial charge in [0.25, 0.3) is 0 Å². The van der Waals surface area contributed by atoms with E-state index in [0.717, 1.165) is 78.7 Å². The molecule has 2 fully saturated rings. The predicted octanol–water partition coefficient (Wildman–Crippen LogP) is 7.18. The summed E-state index contributed by atoms with van der Waals surface area (Å²) in [6, 6.07) is 19.3. The Bertz CT molecular complexity index is 1960. The van der Waals surface area contributed by atoms with Gasteiger partial charge in [-0.25, -0.2) is 0 Å². The molecule has 2 aliphatic rings. The van der Waals surface area contributed by atoms with Gasteiger partial charge in [-0.3, -0.25) is 9.88 Å². The zero-order valence-corrected chi connectivity index (χ0v) is 33.0. The molecule has 0 unspecified atom stereocenters. The van der Waals surface area contributed by atoms with Gasteiger partial charge >= 0.3 is 0 Å². The van der Waals surface area contributed by atoms with E-state index in [4.69, 9.17) is 37.4 Å². The van der Waals surface area contributed by atoms with Crippen LogP contribution in [0.2, 0.25) is 10.0 Å². The van der Waals surface area contributed by atoms with E-state index in [1.165, 1.54) is 6.20 Å². The quantitative estimate of drug-likeness (QED) is 0.0840. The minimum atomic E-state index is -0.845. The molecule has 1 aliphatic carbocycles. The van der Waals surface area contributed by atoms with Gasteiger partial charge in [0.05, 0.1) is 47.1 Å². The Morgan fingerprint density at radius 3 is 2.42 bits per heavy atom. The van der Waals surface area contributed by atoms with E-state index in [1.54, 1.807) is 18.3 Å². The van der Waals surface area contributed by atoms with E-state index in [2.05, 4.69) is 20.9 Å². The third-order valence-corrected chi connectivity index (χ3v) is 11.3. The fraction of sp³-hybridized carbons (Fsp3) is 0.442. The Morgan fingerprint density at radius 2 is 1.69 bits per heavy atom. The molecule has 55 heavy (non-hydrogen) atoms. The number of aromatic nitrogens is 1. The van der Waals surface area contributed by atoms with Crippen LogP contribution in [0, 0.1) is 24.2 Å². The van der Waals surface area contributed by atoms with E-state index in [0.29, 0.717) is 58.5 Å². The molecule has 1 saturated heterocycles. The highest BCUT2D eigenvalue weighted by Crippen LogP contribution is 2.40. The smallest absolute Gasteiger partial charge is 0.142 e. The van der Waals surface area contributed by atoms with Crippen LogP contribution in [-0.4, -0.2) is 87.7 Å². The maximum atomic E-state index is 10.3. The number of β-amino-alcohol motifs (C(OH)–C–C–N with tert-alkyl or cyclic N) is 1. The van der Waals surface area contributed by atoms with Crippen LogP contribution in [-0.2, 0) is 19.8 Å². The van der Waals surface area contributed by atoms with Crippen LogP contribution in [0.4, 0.5) is 0 Å². The molecule has 0 radical (unpaired) electrons. The molecule has 4 aromatic rings. The van der Waals surface area contributed by atoms with Gasteiger partial charge < -0.3 is 34.4 Å². The lowest BCUT2D eigenvalue weighted by Gasteiger charge is -2.39. The molecule has 12 heteroatoms. The van der Waals surface area contributed by atoms with Gasteiger partial charge in [-0.05, 0) is 80.3 Å². The summed E-state index contributed by atoms with van der Waals surface area (Å²) in [5, 5.41) is 40.8. The summed E-state index contributed by atoms with van der Waals surface area (Å²) in [6.07, 6.45) is 6.82. The number of halogens is 2. The lowest BCUT2D eigenvalue weighted by atomic mass is 9.96. The van der Waals surface area contributed by atoms with Crippen LogP contribution in [0.5, 0.6) is 17.2 Å². The number of aliphatic hydroxyl groups excluding tert-OH is 3. The minimum Gasteiger partial charge on any atom is -0.492 e. The van der Waals surface area contributed by atoms with E-state index < -0.39 is 5.54 Å². The molecule has 3 N–H and O–H groups in total. The van der Waals surface area contributed by atoms with Gasteiger partial charge in [0.2, 0.25) is 0 Å². The maximum absolute atomic E-state index is 10.3. The van der Waals surface area contributed by atoms with E-state index in [1.807, 2.05) is 56.3 Å². The number of hydrogen-bond acceptors (Lipinski definition) is 10. The van der Waals surface area contributed by atoms with Gasteiger partial charge in [-0.15, -0.1) is 0 Å². The van der Waals surface area contributed by atoms with Crippen LogP contribution in [0.1, 0.15) is 60.4 Å². The molecule has 0 bridgehead atoms. The number of nitriles is 1. The predicted molar refractivity (Wildman–Crippen MR) is 214 cm³/mol. The van der Waals surface area contributed by atoms with E-state index in [9.17, 15) is 20.6 Å². The number of aliphatic hydroxyl groups is 3.